The van der Waals surface area contributed by atoms with Crippen LogP contribution in [0, 0.1) is 0 Å². The number of anilines is 3. The summed E-state index contributed by atoms with van der Waals surface area (Å²) in [7, 11) is 0. The monoisotopic (exact) mass is 217 g/mol. The quantitative estimate of drug-likeness (QED) is 0.336. The van der Waals surface area contributed by atoms with Crippen molar-refractivity contribution >= 4 is 24.6 Å². The molecular formula is C6H15N7O2. The molecular weight excluding hydrogens is 202 g/mol. The van der Waals surface area contributed by atoms with Crippen LogP contribution < -0.4 is 22.9 Å². The van der Waals surface area contributed by atoms with Gasteiger partial charge in [0.2, 0.25) is 17.8 Å². The summed E-state index contributed by atoms with van der Waals surface area (Å²) in [6.07, 6.45) is 0. The molecule has 0 bridgehead atoms. The molecule has 0 atom stereocenters. The van der Waals surface area contributed by atoms with Crippen molar-refractivity contribution in [3.05, 3.63) is 0 Å². The van der Waals surface area contributed by atoms with E-state index in [1.54, 1.807) is 0 Å². The van der Waals surface area contributed by atoms with Crippen molar-refractivity contribution in [3.8, 4) is 0 Å². The highest BCUT2D eigenvalue weighted by molar-refractivity contribution is 5.33. The second kappa shape index (κ2) is 10.1. The molecule has 1 rings (SSSR count). The number of rotatable bonds is 1. The molecule has 0 amide bonds. The van der Waals surface area contributed by atoms with Gasteiger partial charge in [-0.25, -0.2) is 0 Å². The van der Waals surface area contributed by atoms with Gasteiger partial charge in [0.05, 0.1) is 6.61 Å². The summed E-state index contributed by atoms with van der Waals surface area (Å²) >= 11 is 0. The maximum atomic E-state index is 8.00. The minimum Gasteiger partial charge on any atom is -0.395 e. The molecule has 0 aliphatic rings. The summed E-state index contributed by atoms with van der Waals surface area (Å²) in [5, 5.41) is 7.75. The van der Waals surface area contributed by atoms with Crippen LogP contribution >= 0.6 is 0 Å². The summed E-state index contributed by atoms with van der Waals surface area (Å²) in [5.74, 6) is 0.125. The summed E-state index contributed by atoms with van der Waals surface area (Å²) in [4.78, 5) is 18.5. The molecule has 1 aromatic rings. The standard InChI is InChI=1S/C3H6N6.C2H7NO.CH2O/c4-1-7-2(5)9-3(6)8-1;3-1-2-4;1-2/h(H6,4,5,6,7,8,9);4H,1-3H2;1H2. The SMILES string of the molecule is C=O.NCCO.Nc1nc(N)nc(N)n1. The van der Waals surface area contributed by atoms with E-state index in [1.165, 1.54) is 0 Å². The fraction of sp³-hybridized carbons (Fsp3) is 0.333. The van der Waals surface area contributed by atoms with Gasteiger partial charge < -0.3 is 32.8 Å². The van der Waals surface area contributed by atoms with Gasteiger partial charge in [-0.2, -0.15) is 15.0 Å². The Hall–Kier alpha value is -2.00. The van der Waals surface area contributed by atoms with E-state index < -0.39 is 0 Å². The van der Waals surface area contributed by atoms with Crippen molar-refractivity contribution in [2.24, 2.45) is 5.73 Å². The molecule has 0 aliphatic carbocycles. The third kappa shape index (κ3) is 9.92. The number of carbonyl (C=O) groups is 1. The Bertz CT molecular complexity index is 217. The van der Waals surface area contributed by atoms with E-state index in [-0.39, 0.29) is 24.5 Å². The van der Waals surface area contributed by atoms with Gasteiger partial charge >= 0.3 is 0 Å². The van der Waals surface area contributed by atoms with Crippen molar-refractivity contribution in [1.82, 2.24) is 15.0 Å². The number of carbonyl (C=O) groups excluding carboxylic acids is 1. The van der Waals surface area contributed by atoms with E-state index in [4.69, 9.17) is 32.8 Å². The lowest BCUT2D eigenvalue weighted by Crippen LogP contribution is -2.05. The first kappa shape index (κ1) is 15.5. The Morgan fingerprint density at radius 2 is 1.20 bits per heavy atom. The number of nitrogen functional groups attached to an aromatic ring is 3. The van der Waals surface area contributed by atoms with Crippen LogP contribution in [0.3, 0.4) is 0 Å². The fourth-order valence-corrected chi connectivity index (χ4v) is 0.427. The Morgan fingerprint density at radius 3 is 1.33 bits per heavy atom. The molecule has 0 aromatic carbocycles. The first-order valence-corrected chi connectivity index (χ1v) is 3.72. The van der Waals surface area contributed by atoms with Gasteiger partial charge in [0.15, 0.2) is 0 Å². The summed E-state index contributed by atoms with van der Waals surface area (Å²) < 4.78 is 0. The molecule has 0 saturated carbocycles. The highest BCUT2D eigenvalue weighted by Crippen LogP contribution is 1.97. The second-order valence-corrected chi connectivity index (χ2v) is 1.92. The topological polar surface area (TPSA) is 180 Å². The highest BCUT2D eigenvalue weighted by atomic mass is 16.3. The van der Waals surface area contributed by atoms with Crippen LogP contribution in [0.1, 0.15) is 0 Å². The maximum absolute atomic E-state index is 8.00. The normalized spacial score (nSPS) is 7.87. The van der Waals surface area contributed by atoms with E-state index in [9.17, 15) is 0 Å². The molecule has 0 fully saturated rings. The van der Waals surface area contributed by atoms with Crippen molar-refractivity contribution in [2.75, 3.05) is 30.4 Å². The third-order valence-corrected chi connectivity index (χ3v) is 0.816. The molecule has 15 heavy (non-hydrogen) atoms. The van der Waals surface area contributed by atoms with Crippen molar-refractivity contribution < 1.29 is 9.90 Å². The average Bonchev–Trinajstić information content (AvgIpc) is 2.19. The van der Waals surface area contributed by atoms with Crippen molar-refractivity contribution in [3.63, 3.8) is 0 Å². The van der Waals surface area contributed by atoms with Crippen LogP contribution in [-0.4, -0.2) is 40.0 Å². The molecule has 9 heteroatoms. The molecule has 0 spiro atoms. The molecule has 0 aliphatic heterocycles. The minimum absolute atomic E-state index is 0.0417. The average molecular weight is 217 g/mol. The first-order valence-electron chi connectivity index (χ1n) is 3.72. The van der Waals surface area contributed by atoms with Gasteiger partial charge in [-0.05, 0) is 0 Å². The number of nitrogens with two attached hydrogens (primary N) is 4. The predicted octanol–water partition coefficient (Wildman–Crippen LogP) is -2.63. The van der Waals surface area contributed by atoms with E-state index in [1.807, 2.05) is 6.79 Å². The van der Waals surface area contributed by atoms with Crippen LogP contribution in [0.2, 0.25) is 0 Å². The van der Waals surface area contributed by atoms with Crippen LogP contribution in [0.5, 0.6) is 0 Å². The predicted molar refractivity (Wildman–Crippen MR) is 56.3 cm³/mol. The van der Waals surface area contributed by atoms with Gasteiger partial charge in [-0.1, -0.05) is 0 Å². The highest BCUT2D eigenvalue weighted by Gasteiger charge is 1.93. The minimum atomic E-state index is 0.0417. The number of hydrogen-bond donors (Lipinski definition) is 5. The largest absolute Gasteiger partial charge is 0.395 e. The molecule has 1 aromatic heterocycles. The van der Waals surface area contributed by atoms with Crippen molar-refractivity contribution in [2.45, 2.75) is 0 Å². The summed E-state index contributed by atoms with van der Waals surface area (Å²) in [5.41, 5.74) is 20.2. The Morgan fingerprint density at radius 1 is 1.00 bits per heavy atom. The van der Waals surface area contributed by atoms with Gasteiger partial charge in [-0.3, -0.25) is 0 Å². The zero-order valence-corrected chi connectivity index (χ0v) is 8.13. The number of aliphatic hydroxyl groups excluding tert-OH is 1. The Balaban J connectivity index is 0. The molecule has 0 radical (unpaired) electrons. The van der Waals surface area contributed by atoms with Crippen LogP contribution in [-0.2, 0) is 4.79 Å². The van der Waals surface area contributed by atoms with E-state index >= 15 is 0 Å². The fourth-order valence-electron chi connectivity index (χ4n) is 0.427. The van der Waals surface area contributed by atoms with E-state index in [0.717, 1.165) is 0 Å². The number of hydrogen-bond acceptors (Lipinski definition) is 9. The molecule has 86 valence electrons. The molecule has 9 nitrogen and oxygen atoms in total. The van der Waals surface area contributed by atoms with Crippen molar-refractivity contribution in [1.29, 1.82) is 0 Å². The molecule has 1 heterocycles. The third-order valence-electron chi connectivity index (χ3n) is 0.816. The molecule has 0 saturated heterocycles. The second-order valence-electron chi connectivity index (χ2n) is 1.92. The Kier molecular flexibility index (Phi) is 10.4. The van der Waals surface area contributed by atoms with Gasteiger partial charge in [-0.15, -0.1) is 0 Å². The van der Waals surface area contributed by atoms with Gasteiger partial charge in [0.1, 0.15) is 6.79 Å². The van der Waals surface area contributed by atoms with Crippen LogP contribution in [0.4, 0.5) is 17.8 Å². The van der Waals surface area contributed by atoms with Gasteiger partial charge in [0.25, 0.3) is 0 Å². The lowest BCUT2D eigenvalue weighted by Gasteiger charge is -1.93. The smallest absolute Gasteiger partial charge is 0.226 e. The number of nitrogens with zero attached hydrogens (tertiary/aromatic N) is 3. The van der Waals surface area contributed by atoms with Gasteiger partial charge in [0, 0.05) is 6.54 Å². The summed E-state index contributed by atoms with van der Waals surface area (Å²) in [6.45, 7) is 2.47. The van der Waals surface area contributed by atoms with E-state index in [0.29, 0.717) is 6.54 Å². The van der Waals surface area contributed by atoms with Crippen LogP contribution in [0.15, 0.2) is 0 Å². The molecule has 9 N–H and O–H groups in total. The Labute approximate surface area is 86.5 Å². The lowest BCUT2D eigenvalue weighted by atomic mass is 10.8. The first-order chi connectivity index (χ1) is 7.10. The summed E-state index contributed by atoms with van der Waals surface area (Å²) in [6, 6.07) is 0. The maximum Gasteiger partial charge on any atom is 0.226 e. The number of aromatic nitrogens is 3. The molecule has 0 unspecified atom stereocenters. The van der Waals surface area contributed by atoms with E-state index in [2.05, 4.69) is 15.0 Å². The number of aliphatic hydroxyl groups is 1. The lowest BCUT2D eigenvalue weighted by molar-refractivity contribution is -0.0979. The van der Waals surface area contributed by atoms with Crippen LogP contribution in [0.25, 0.3) is 0 Å². The zero-order valence-electron chi connectivity index (χ0n) is 8.13. The zero-order chi connectivity index (χ0) is 12.3.